The maximum atomic E-state index is 12.7. The Morgan fingerprint density at radius 2 is 1.73 bits per heavy atom. The van der Waals surface area contributed by atoms with Gasteiger partial charge in [0.1, 0.15) is 0 Å². The van der Waals surface area contributed by atoms with Gasteiger partial charge in [-0.05, 0) is 31.4 Å². The van der Waals surface area contributed by atoms with E-state index >= 15 is 0 Å². The average molecular weight is 350 g/mol. The molecule has 0 unspecified atom stereocenters. The van der Waals surface area contributed by atoms with E-state index < -0.39 is 0 Å². The molecule has 26 heavy (non-hydrogen) atoms. The second-order valence-corrected chi connectivity index (χ2v) is 6.09. The van der Waals surface area contributed by atoms with Gasteiger partial charge in [-0.3, -0.25) is 9.59 Å². The molecule has 0 fully saturated rings. The Labute approximate surface area is 152 Å². The fraction of sp³-hybridized carbons (Fsp3) is 0.286. The molecule has 3 aromatic rings. The highest BCUT2D eigenvalue weighted by molar-refractivity contribution is 5.86. The molecule has 0 aliphatic carbocycles. The van der Waals surface area contributed by atoms with Gasteiger partial charge in [0.2, 0.25) is 0 Å². The van der Waals surface area contributed by atoms with Gasteiger partial charge >= 0.3 is 5.97 Å². The van der Waals surface area contributed by atoms with Crippen molar-refractivity contribution in [1.82, 2.24) is 9.78 Å². The molecule has 0 aliphatic rings. The van der Waals surface area contributed by atoms with Crippen LogP contribution in [0.5, 0.6) is 0 Å². The van der Waals surface area contributed by atoms with E-state index in [2.05, 4.69) is 17.2 Å². The van der Waals surface area contributed by atoms with E-state index in [0.717, 1.165) is 12.8 Å². The van der Waals surface area contributed by atoms with Crippen LogP contribution in [-0.2, 0) is 28.9 Å². The number of aromatic nitrogens is 2. The summed E-state index contributed by atoms with van der Waals surface area (Å²) in [6, 6.07) is 17.4. The number of esters is 1. The van der Waals surface area contributed by atoms with Crippen LogP contribution < -0.4 is 5.56 Å². The van der Waals surface area contributed by atoms with E-state index in [0.29, 0.717) is 29.6 Å². The van der Waals surface area contributed by atoms with E-state index in [1.54, 1.807) is 13.0 Å². The van der Waals surface area contributed by atoms with Gasteiger partial charge in [-0.1, -0.05) is 48.5 Å². The van der Waals surface area contributed by atoms with Crippen molar-refractivity contribution in [2.75, 3.05) is 6.61 Å². The number of nitrogens with zero attached hydrogens (tertiary/aromatic N) is 2. The number of rotatable bonds is 7. The second-order valence-electron chi connectivity index (χ2n) is 6.09. The summed E-state index contributed by atoms with van der Waals surface area (Å²) < 4.78 is 6.51. The lowest BCUT2D eigenvalue weighted by atomic mass is 10.1. The highest BCUT2D eigenvalue weighted by atomic mass is 16.5. The number of benzene rings is 2. The summed E-state index contributed by atoms with van der Waals surface area (Å²) in [5, 5.41) is 5.75. The Bertz CT molecular complexity index is 948. The Morgan fingerprint density at radius 1 is 1.04 bits per heavy atom. The lowest BCUT2D eigenvalue weighted by Gasteiger charge is -2.11. The third-order valence-electron chi connectivity index (χ3n) is 4.24. The summed E-state index contributed by atoms with van der Waals surface area (Å²) in [7, 11) is 0. The minimum Gasteiger partial charge on any atom is -0.466 e. The zero-order valence-electron chi connectivity index (χ0n) is 14.9. The number of carbonyl (C=O) groups excluding carboxylic acids is 1. The van der Waals surface area contributed by atoms with E-state index in [1.807, 2.05) is 36.4 Å². The van der Waals surface area contributed by atoms with Crippen molar-refractivity contribution in [3.63, 3.8) is 0 Å². The fourth-order valence-corrected chi connectivity index (χ4v) is 3.01. The molecular formula is C21H22N2O3. The van der Waals surface area contributed by atoms with E-state index in [9.17, 15) is 9.59 Å². The molecule has 0 bridgehead atoms. The first-order chi connectivity index (χ1) is 12.7. The highest BCUT2D eigenvalue weighted by Gasteiger charge is 2.14. The van der Waals surface area contributed by atoms with Crippen LogP contribution in [0.2, 0.25) is 0 Å². The predicted octanol–water partition coefficient (Wildman–Crippen LogP) is 3.13. The summed E-state index contributed by atoms with van der Waals surface area (Å²) >= 11 is 0. The molecule has 5 nitrogen and oxygen atoms in total. The minimum atomic E-state index is -0.334. The van der Waals surface area contributed by atoms with Crippen LogP contribution in [0, 0.1) is 0 Å². The molecule has 0 saturated carbocycles. The van der Waals surface area contributed by atoms with Crippen molar-refractivity contribution in [1.29, 1.82) is 0 Å². The summed E-state index contributed by atoms with van der Waals surface area (Å²) in [6.45, 7) is 2.61. The smallest absolute Gasteiger partial charge is 0.311 e. The van der Waals surface area contributed by atoms with Crippen LogP contribution in [0.15, 0.2) is 59.4 Å². The fourth-order valence-electron chi connectivity index (χ4n) is 3.01. The molecule has 0 spiro atoms. The molecule has 3 rings (SSSR count). The Hall–Kier alpha value is -2.95. The number of ether oxygens (including phenoxy) is 1. The standard InChI is InChI=1S/C21H22N2O3/c1-2-26-20(24)15-19-17-12-6-7-13-18(17)21(25)23(22-19)14-8-11-16-9-4-3-5-10-16/h3-7,9-10,12-13H,2,8,11,14-15H2,1H3. The van der Waals surface area contributed by atoms with Crippen molar-refractivity contribution in [3.8, 4) is 0 Å². The van der Waals surface area contributed by atoms with Crippen molar-refractivity contribution in [3.05, 3.63) is 76.2 Å². The largest absolute Gasteiger partial charge is 0.466 e. The molecule has 2 aromatic carbocycles. The highest BCUT2D eigenvalue weighted by Crippen LogP contribution is 2.14. The Kier molecular flexibility index (Phi) is 5.79. The molecule has 5 heteroatoms. The van der Waals surface area contributed by atoms with E-state index in [4.69, 9.17) is 4.74 Å². The van der Waals surface area contributed by atoms with Gasteiger partial charge in [-0.15, -0.1) is 0 Å². The monoisotopic (exact) mass is 350 g/mol. The van der Waals surface area contributed by atoms with Crippen LogP contribution in [0.4, 0.5) is 0 Å². The van der Waals surface area contributed by atoms with E-state index in [-0.39, 0.29) is 17.9 Å². The molecule has 0 saturated heterocycles. The van der Waals surface area contributed by atoms with Gasteiger partial charge in [0.25, 0.3) is 5.56 Å². The summed E-state index contributed by atoms with van der Waals surface area (Å²) in [6.07, 6.45) is 1.73. The first kappa shape index (κ1) is 17.9. The van der Waals surface area contributed by atoms with Crippen LogP contribution in [0.25, 0.3) is 10.8 Å². The first-order valence-corrected chi connectivity index (χ1v) is 8.87. The molecule has 0 radical (unpaired) electrons. The molecule has 134 valence electrons. The van der Waals surface area contributed by atoms with Gasteiger partial charge < -0.3 is 4.74 Å². The van der Waals surface area contributed by atoms with Crippen LogP contribution in [0.3, 0.4) is 0 Å². The summed E-state index contributed by atoms with van der Waals surface area (Å²) in [5.41, 5.74) is 1.69. The zero-order chi connectivity index (χ0) is 18.4. The lowest BCUT2D eigenvalue weighted by molar-refractivity contribution is -0.142. The third-order valence-corrected chi connectivity index (χ3v) is 4.24. The number of hydrogen-bond acceptors (Lipinski definition) is 4. The maximum Gasteiger partial charge on any atom is 0.311 e. The van der Waals surface area contributed by atoms with Crippen molar-refractivity contribution >= 4 is 16.7 Å². The quantitative estimate of drug-likeness (QED) is 0.614. The number of carbonyl (C=O) groups is 1. The topological polar surface area (TPSA) is 61.2 Å². The molecule has 1 aromatic heterocycles. The van der Waals surface area contributed by atoms with Gasteiger partial charge in [0.05, 0.1) is 24.1 Å². The van der Waals surface area contributed by atoms with Crippen molar-refractivity contribution < 1.29 is 9.53 Å². The van der Waals surface area contributed by atoms with Crippen molar-refractivity contribution in [2.45, 2.75) is 32.7 Å². The molecule has 0 aliphatic heterocycles. The van der Waals surface area contributed by atoms with Crippen molar-refractivity contribution in [2.24, 2.45) is 0 Å². The summed E-state index contributed by atoms with van der Waals surface area (Å²) in [4.78, 5) is 24.6. The van der Waals surface area contributed by atoms with Gasteiger partial charge in [0.15, 0.2) is 0 Å². The van der Waals surface area contributed by atoms with Gasteiger partial charge in [0, 0.05) is 11.9 Å². The predicted molar refractivity (Wildman–Crippen MR) is 101 cm³/mol. The third kappa shape index (κ3) is 4.17. The Morgan fingerprint density at radius 3 is 2.46 bits per heavy atom. The molecule has 0 N–H and O–H groups in total. The second kappa shape index (κ2) is 8.43. The Balaban J connectivity index is 1.86. The molecular weight excluding hydrogens is 328 g/mol. The first-order valence-electron chi connectivity index (χ1n) is 8.87. The number of hydrogen-bond donors (Lipinski definition) is 0. The van der Waals surface area contributed by atoms with Crippen LogP contribution in [0.1, 0.15) is 24.6 Å². The SMILES string of the molecule is CCOC(=O)Cc1nn(CCCc2ccccc2)c(=O)c2ccccc12. The van der Waals surface area contributed by atoms with Gasteiger partial charge in [-0.2, -0.15) is 5.10 Å². The zero-order valence-corrected chi connectivity index (χ0v) is 14.9. The number of fused-ring (bicyclic) bond motifs is 1. The molecule has 0 atom stereocenters. The van der Waals surface area contributed by atoms with E-state index in [1.165, 1.54) is 10.2 Å². The van der Waals surface area contributed by atoms with Gasteiger partial charge in [-0.25, -0.2) is 4.68 Å². The summed E-state index contributed by atoms with van der Waals surface area (Å²) in [5.74, 6) is -0.334. The lowest BCUT2D eigenvalue weighted by Crippen LogP contribution is -2.26. The molecule has 0 amide bonds. The normalized spacial score (nSPS) is 10.8. The maximum absolute atomic E-state index is 12.7. The van der Waals surface area contributed by atoms with Crippen LogP contribution >= 0.6 is 0 Å². The molecule has 1 heterocycles. The average Bonchev–Trinajstić information content (AvgIpc) is 2.66. The minimum absolute atomic E-state index is 0.0628. The number of aryl methyl sites for hydroxylation is 2. The van der Waals surface area contributed by atoms with Crippen LogP contribution in [-0.4, -0.2) is 22.4 Å².